The quantitative estimate of drug-likeness (QED) is 0.765. The maximum Gasteiger partial charge on any atom is 0.416 e. The molecule has 4 nitrogen and oxygen atoms in total. The monoisotopic (exact) mass is 364 g/mol. The highest BCUT2D eigenvalue weighted by molar-refractivity contribution is 5.85. The summed E-state index contributed by atoms with van der Waals surface area (Å²) in [5.41, 5.74) is -0.122. The second kappa shape index (κ2) is 7.29. The SMILES string of the molecule is Cl.O=C(NCC1CNCC1O)C1CC1c1cccc(C(F)(F)F)c1. The molecule has 0 aromatic heterocycles. The fourth-order valence-corrected chi connectivity index (χ4v) is 3.09. The molecule has 4 atom stereocenters. The van der Waals surface area contributed by atoms with Crippen molar-refractivity contribution in [3.63, 3.8) is 0 Å². The van der Waals surface area contributed by atoms with E-state index >= 15 is 0 Å². The van der Waals surface area contributed by atoms with Crippen LogP contribution in [0, 0.1) is 11.8 Å². The smallest absolute Gasteiger partial charge is 0.391 e. The first-order valence-electron chi connectivity index (χ1n) is 7.70. The summed E-state index contributed by atoms with van der Waals surface area (Å²) < 4.78 is 38.2. The van der Waals surface area contributed by atoms with Crippen LogP contribution < -0.4 is 10.6 Å². The molecule has 3 N–H and O–H groups in total. The third-order valence-corrected chi connectivity index (χ3v) is 4.61. The van der Waals surface area contributed by atoms with Gasteiger partial charge in [-0.1, -0.05) is 18.2 Å². The molecule has 1 saturated heterocycles. The first kappa shape index (κ1) is 19.0. The van der Waals surface area contributed by atoms with Gasteiger partial charge in [0, 0.05) is 31.5 Å². The van der Waals surface area contributed by atoms with Gasteiger partial charge in [-0.2, -0.15) is 13.2 Å². The Bertz CT molecular complexity index is 597. The number of hydrogen-bond donors (Lipinski definition) is 3. The number of benzene rings is 1. The van der Waals surface area contributed by atoms with Gasteiger partial charge in [-0.25, -0.2) is 0 Å². The van der Waals surface area contributed by atoms with Gasteiger partial charge in [-0.15, -0.1) is 12.4 Å². The molecule has 1 aromatic carbocycles. The second-order valence-corrected chi connectivity index (χ2v) is 6.30. The van der Waals surface area contributed by atoms with E-state index in [1.54, 1.807) is 6.07 Å². The van der Waals surface area contributed by atoms with Crippen molar-refractivity contribution in [2.75, 3.05) is 19.6 Å². The zero-order valence-electron chi connectivity index (χ0n) is 12.8. The topological polar surface area (TPSA) is 61.4 Å². The molecule has 8 heteroatoms. The fourth-order valence-electron chi connectivity index (χ4n) is 3.09. The van der Waals surface area contributed by atoms with Crippen LogP contribution in [-0.2, 0) is 11.0 Å². The molecule has 24 heavy (non-hydrogen) atoms. The summed E-state index contributed by atoms with van der Waals surface area (Å²) in [7, 11) is 0. The number of β-amino-alcohol motifs (C(OH)–C–C–N with tert-alkyl or cyclic N) is 1. The number of amides is 1. The maximum atomic E-state index is 12.7. The fraction of sp³-hybridized carbons (Fsp3) is 0.562. The third kappa shape index (κ3) is 4.20. The lowest BCUT2D eigenvalue weighted by Gasteiger charge is -2.14. The number of alkyl halides is 3. The van der Waals surface area contributed by atoms with E-state index in [0.717, 1.165) is 12.1 Å². The van der Waals surface area contributed by atoms with Gasteiger partial charge in [0.05, 0.1) is 11.7 Å². The minimum Gasteiger partial charge on any atom is -0.391 e. The molecule has 4 unspecified atom stereocenters. The van der Waals surface area contributed by atoms with Gasteiger partial charge in [-0.3, -0.25) is 4.79 Å². The van der Waals surface area contributed by atoms with Gasteiger partial charge < -0.3 is 15.7 Å². The number of aliphatic hydroxyl groups excluding tert-OH is 1. The van der Waals surface area contributed by atoms with Crippen molar-refractivity contribution < 1.29 is 23.1 Å². The van der Waals surface area contributed by atoms with E-state index in [2.05, 4.69) is 10.6 Å². The first-order valence-corrected chi connectivity index (χ1v) is 7.70. The second-order valence-electron chi connectivity index (χ2n) is 6.30. The Morgan fingerprint density at radius 1 is 1.33 bits per heavy atom. The molecule has 1 amide bonds. The molecule has 3 rings (SSSR count). The summed E-state index contributed by atoms with van der Waals surface area (Å²) in [5.74, 6) is -0.579. The molecule has 1 heterocycles. The van der Waals surface area contributed by atoms with Crippen LogP contribution in [-0.4, -0.2) is 36.8 Å². The molecule has 1 saturated carbocycles. The summed E-state index contributed by atoms with van der Waals surface area (Å²) in [5, 5.41) is 15.5. The Labute approximate surface area is 144 Å². The molecule has 1 aliphatic heterocycles. The van der Waals surface area contributed by atoms with E-state index in [9.17, 15) is 23.1 Å². The Hall–Kier alpha value is -1.31. The van der Waals surface area contributed by atoms with Crippen molar-refractivity contribution in [3.05, 3.63) is 35.4 Å². The Morgan fingerprint density at radius 2 is 2.08 bits per heavy atom. The third-order valence-electron chi connectivity index (χ3n) is 4.61. The van der Waals surface area contributed by atoms with Crippen molar-refractivity contribution in [1.82, 2.24) is 10.6 Å². The van der Waals surface area contributed by atoms with Crippen LogP contribution in [0.4, 0.5) is 13.2 Å². The highest BCUT2D eigenvalue weighted by Gasteiger charge is 2.44. The summed E-state index contributed by atoms with van der Waals surface area (Å²) >= 11 is 0. The van der Waals surface area contributed by atoms with E-state index in [-0.39, 0.29) is 36.1 Å². The van der Waals surface area contributed by atoms with E-state index in [4.69, 9.17) is 0 Å². The number of nitrogens with one attached hydrogen (secondary N) is 2. The minimum atomic E-state index is -4.37. The predicted octanol–water partition coefficient (Wildman–Crippen LogP) is 1.93. The molecule has 0 radical (unpaired) electrons. The van der Waals surface area contributed by atoms with E-state index in [1.165, 1.54) is 6.07 Å². The molecular formula is C16H20ClF3N2O2. The summed E-state index contributed by atoms with van der Waals surface area (Å²) in [4.78, 5) is 12.1. The van der Waals surface area contributed by atoms with Crippen LogP contribution >= 0.6 is 12.4 Å². The Balaban J connectivity index is 0.00000208. The average molecular weight is 365 g/mol. The van der Waals surface area contributed by atoms with Crippen LogP contribution in [0.3, 0.4) is 0 Å². The zero-order chi connectivity index (χ0) is 16.6. The van der Waals surface area contributed by atoms with Crippen molar-refractivity contribution in [3.8, 4) is 0 Å². The predicted molar refractivity (Wildman–Crippen MR) is 84.9 cm³/mol. The first-order chi connectivity index (χ1) is 10.9. The van der Waals surface area contributed by atoms with Gasteiger partial charge >= 0.3 is 6.18 Å². The highest BCUT2D eigenvalue weighted by Crippen LogP contribution is 2.48. The summed E-state index contributed by atoms with van der Waals surface area (Å²) in [6.45, 7) is 1.57. The molecule has 0 spiro atoms. The number of carbonyl (C=O) groups excluding carboxylic acids is 1. The van der Waals surface area contributed by atoms with Gasteiger partial charge in [-0.05, 0) is 24.0 Å². The van der Waals surface area contributed by atoms with Crippen LogP contribution in [0.25, 0.3) is 0 Å². The lowest BCUT2D eigenvalue weighted by atomic mass is 10.0. The average Bonchev–Trinajstić information content (AvgIpc) is 3.21. The molecule has 134 valence electrons. The largest absolute Gasteiger partial charge is 0.416 e. The van der Waals surface area contributed by atoms with Gasteiger partial charge in [0.2, 0.25) is 5.91 Å². The standard InChI is InChI=1S/C16H19F3N2O2.ClH/c17-16(18,19)11-3-1-2-9(4-11)12-5-13(12)15(23)21-7-10-6-20-8-14(10)22;/h1-4,10,12-14,20,22H,5-8H2,(H,21,23);1H. The maximum absolute atomic E-state index is 12.7. The van der Waals surface area contributed by atoms with Gasteiger partial charge in [0.1, 0.15) is 0 Å². The molecular weight excluding hydrogens is 345 g/mol. The Kier molecular flexibility index (Phi) is 5.78. The lowest BCUT2D eigenvalue weighted by Crippen LogP contribution is -2.35. The molecule has 2 fully saturated rings. The number of rotatable bonds is 4. The van der Waals surface area contributed by atoms with Crippen molar-refractivity contribution in [1.29, 1.82) is 0 Å². The van der Waals surface area contributed by atoms with Crippen LogP contribution in [0.5, 0.6) is 0 Å². The highest BCUT2D eigenvalue weighted by atomic mass is 35.5. The normalized spacial score (nSPS) is 29.0. The van der Waals surface area contributed by atoms with Gasteiger partial charge in [0.15, 0.2) is 0 Å². The summed E-state index contributed by atoms with van der Waals surface area (Å²) in [6.07, 6.45) is -4.26. The van der Waals surface area contributed by atoms with Crippen molar-refractivity contribution >= 4 is 18.3 Å². The van der Waals surface area contributed by atoms with E-state index < -0.39 is 17.8 Å². The minimum absolute atomic E-state index is 0. The number of aliphatic hydroxyl groups is 1. The van der Waals surface area contributed by atoms with Crippen LogP contribution in [0.1, 0.15) is 23.5 Å². The number of hydrogen-bond acceptors (Lipinski definition) is 3. The molecule has 1 aliphatic carbocycles. The Morgan fingerprint density at radius 3 is 2.71 bits per heavy atom. The van der Waals surface area contributed by atoms with E-state index in [1.807, 2.05) is 0 Å². The number of halogens is 4. The van der Waals surface area contributed by atoms with Gasteiger partial charge in [0.25, 0.3) is 0 Å². The zero-order valence-corrected chi connectivity index (χ0v) is 13.7. The van der Waals surface area contributed by atoms with Crippen molar-refractivity contribution in [2.45, 2.75) is 24.6 Å². The molecule has 2 aliphatic rings. The lowest BCUT2D eigenvalue weighted by molar-refractivity contribution is -0.137. The number of carbonyl (C=O) groups is 1. The van der Waals surface area contributed by atoms with Crippen LogP contribution in [0.2, 0.25) is 0 Å². The summed E-state index contributed by atoms with van der Waals surface area (Å²) in [6, 6.07) is 5.18. The van der Waals surface area contributed by atoms with E-state index in [0.29, 0.717) is 31.6 Å². The van der Waals surface area contributed by atoms with Crippen LogP contribution in [0.15, 0.2) is 24.3 Å². The molecule has 1 aromatic rings. The van der Waals surface area contributed by atoms with Crippen molar-refractivity contribution in [2.24, 2.45) is 11.8 Å². The molecule has 0 bridgehead atoms.